The monoisotopic (exact) mass is 1530 g/mol. The molecule has 0 fully saturated rings. The number of carbonyl (C=O) groups excluding carboxylic acids is 10. The lowest BCUT2D eigenvalue weighted by molar-refractivity contribution is -0.193. The third-order valence-corrected chi connectivity index (χ3v) is 13.7. The lowest BCUT2D eigenvalue weighted by Crippen LogP contribution is -2.60. The van der Waals surface area contributed by atoms with Crippen molar-refractivity contribution < 1.29 is 127 Å². The molecular weight excluding hydrogens is 1450 g/mol. The predicted octanol–water partition coefficient (Wildman–Crippen LogP) is -2.08. The van der Waals surface area contributed by atoms with E-state index in [0.717, 1.165) is 0 Å². The van der Waals surface area contributed by atoms with Gasteiger partial charge in [0.25, 0.3) is 0 Å². The largest absolute Gasteiger partial charge is 0.508 e. The number of rotatable bonds is 23. The molecule has 594 valence electrons. The van der Waals surface area contributed by atoms with Gasteiger partial charge in [-0.3, -0.25) is 63.4 Å². The first-order valence-corrected chi connectivity index (χ1v) is 31.8. The lowest BCUT2D eigenvalue weighted by atomic mass is 10.00. The van der Waals surface area contributed by atoms with Crippen LogP contribution in [0.2, 0.25) is 0 Å². The van der Waals surface area contributed by atoms with Crippen LogP contribution in [0.25, 0.3) is 0 Å². The molecule has 11 amide bonds. The molecule has 37 nitrogen and oxygen atoms in total. The molecule has 1 aliphatic rings. The molecule has 0 saturated carbocycles. The van der Waals surface area contributed by atoms with Crippen molar-refractivity contribution in [1.29, 1.82) is 0 Å². The average Bonchev–Trinajstić information content (AvgIpc) is 0.856. The number of primary amides is 1. The molecule has 0 aromatic heterocycles. The number of alkyl halides is 9. The van der Waals surface area contributed by atoms with Gasteiger partial charge in [-0.2, -0.15) is 39.5 Å². The highest BCUT2D eigenvalue weighted by Gasteiger charge is 2.40. The van der Waals surface area contributed by atoms with Crippen molar-refractivity contribution in [2.75, 3.05) is 32.7 Å². The van der Waals surface area contributed by atoms with Crippen molar-refractivity contribution in [3.8, 4) is 11.5 Å². The molecule has 2 aromatic carbocycles. The van der Waals surface area contributed by atoms with Crippen molar-refractivity contribution in [3.05, 3.63) is 59.7 Å². The lowest BCUT2D eigenvalue weighted by Gasteiger charge is -2.28. The van der Waals surface area contributed by atoms with E-state index in [9.17, 15) is 97.7 Å². The van der Waals surface area contributed by atoms with Gasteiger partial charge in [0.2, 0.25) is 53.2 Å². The molecule has 0 bridgehead atoms. The van der Waals surface area contributed by atoms with E-state index in [0.29, 0.717) is 24.0 Å². The molecule has 0 unspecified atom stereocenters. The number of urea groups is 1. The Morgan fingerprint density at radius 1 is 0.613 bits per heavy atom. The Hall–Kier alpha value is -11.7. The SMILES string of the molecule is CCC(=O)N[C@@H]1CC(=O)NCCCCNC(=O)NC(N)=NCCC[C@@H](C(=O)N[C@@H](CC(C)C)C(=O)N[C@@H](CCCN=C(N)N)C(=O)N[C@@H](Cc2ccc(O)cc2)C(N)=O)NC(=O)[C@H](Cc2ccc(O)cc2)NC(=O)[C@H](CCCN=C(N)N)NC1=O.O=C(O)C(F)(F)F.O=C(O)C(F)(F)F.O=C(O)C(F)(F)F. The van der Waals surface area contributed by atoms with Crippen LogP contribution in [-0.2, 0) is 70.4 Å². The first-order valence-electron chi connectivity index (χ1n) is 31.8. The Morgan fingerprint density at radius 2 is 1.08 bits per heavy atom. The third kappa shape index (κ3) is 42.7. The molecule has 1 heterocycles. The number of nitrogens with one attached hydrogen (secondary N) is 10. The number of nitrogens with two attached hydrogens (primary N) is 6. The Labute approximate surface area is 598 Å². The number of amides is 11. The van der Waals surface area contributed by atoms with Gasteiger partial charge in [0.15, 0.2) is 17.9 Å². The summed E-state index contributed by atoms with van der Waals surface area (Å²) >= 11 is 0. The number of aliphatic imine (C=N–C) groups is 3. The van der Waals surface area contributed by atoms with Gasteiger partial charge >= 0.3 is 42.5 Å². The molecular formula is C60H88F9N19O18. The van der Waals surface area contributed by atoms with Crippen molar-refractivity contribution in [2.24, 2.45) is 55.3 Å². The van der Waals surface area contributed by atoms with Gasteiger partial charge in [-0.25, -0.2) is 19.2 Å². The van der Waals surface area contributed by atoms with Gasteiger partial charge in [-0.15, -0.1) is 0 Å². The molecule has 0 aliphatic carbocycles. The Morgan fingerprint density at radius 3 is 1.56 bits per heavy atom. The minimum absolute atomic E-state index is 0.00495. The number of phenolic OH excluding ortho intramolecular Hbond substituents is 2. The molecule has 0 spiro atoms. The molecule has 7 atom stereocenters. The number of carbonyl (C=O) groups is 13. The van der Waals surface area contributed by atoms with E-state index < -0.39 is 144 Å². The van der Waals surface area contributed by atoms with E-state index in [-0.39, 0.29) is 132 Å². The highest BCUT2D eigenvalue weighted by Crippen LogP contribution is 2.18. The molecule has 0 radical (unpaired) electrons. The van der Waals surface area contributed by atoms with Crippen LogP contribution in [0, 0.1) is 5.92 Å². The van der Waals surface area contributed by atoms with Crippen molar-refractivity contribution in [1.82, 2.24) is 53.2 Å². The van der Waals surface area contributed by atoms with E-state index in [1.54, 1.807) is 13.8 Å². The summed E-state index contributed by atoms with van der Waals surface area (Å²) in [4.78, 5) is 177. The van der Waals surface area contributed by atoms with Gasteiger partial charge in [0.05, 0.1) is 6.42 Å². The van der Waals surface area contributed by atoms with Crippen LogP contribution < -0.4 is 87.6 Å². The van der Waals surface area contributed by atoms with Gasteiger partial charge in [0.1, 0.15) is 53.8 Å². The standard InChI is InChI=1S/C54H85N19O12.3C2HF3O2/c1-4-42(76)66-41-29-43(77)61-21-5-6-22-65-54(85)73-53(60)64-25-9-12-37(68-49(83)40(28-32-15-19-34(75)20-16-32)72-47(81)36(69-50(41)84)11-8-24-63-52(58)59)46(80)71-39(26-30(2)3)48(82)67-35(10-7-23-62-51(56)57)45(79)70-38(44(55)78)27-31-13-17-33(74)18-14-31;3*3-2(4,5)1(6)7/h13-20,30,35-41,74-75H,4-12,21-29H2,1-3H3,(H2,55,78)(H,61,77)(H,66,76)(H,67,82)(H,68,83)(H,69,84)(H,70,79)(H,71,80)(H,72,81)(H4,56,57,62)(H4,58,59,63)(H4,60,64,65,73,85);3*(H,6,7)/t35-,36-,37-,38-,39-,40-,41+;;;/m0.../s1. The van der Waals surface area contributed by atoms with Crippen LogP contribution in [0.1, 0.15) is 103 Å². The molecule has 2 aromatic rings. The van der Waals surface area contributed by atoms with Crippen molar-refractivity contribution in [3.63, 3.8) is 0 Å². The Bertz CT molecular complexity index is 3280. The summed E-state index contributed by atoms with van der Waals surface area (Å²) in [6.45, 7) is 5.31. The highest BCUT2D eigenvalue weighted by atomic mass is 19.4. The number of aliphatic carboxylic acids is 3. The van der Waals surface area contributed by atoms with Gasteiger partial charge in [0, 0.05) is 52.0 Å². The summed E-state index contributed by atoms with van der Waals surface area (Å²) in [7, 11) is 0. The number of phenols is 2. The summed E-state index contributed by atoms with van der Waals surface area (Å²) < 4.78 is 95.2. The summed E-state index contributed by atoms with van der Waals surface area (Å²) in [5.41, 5.74) is 34.8. The second kappa shape index (κ2) is 47.6. The van der Waals surface area contributed by atoms with E-state index in [2.05, 4.69) is 68.1 Å². The Balaban J connectivity index is 0.00000454. The molecule has 1 aliphatic heterocycles. The fraction of sp³-hybridized carbons (Fsp3) is 0.533. The number of halogens is 9. The second-order valence-corrected chi connectivity index (χ2v) is 23.0. The molecule has 0 saturated heterocycles. The topological polar surface area (TPSA) is 637 Å². The van der Waals surface area contributed by atoms with E-state index in [1.807, 2.05) is 0 Å². The van der Waals surface area contributed by atoms with Crippen molar-refractivity contribution in [2.45, 2.75) is 165 Å². The summed E-state index contributed by atoms with van der Waals surface area (Å²) in [6, 6.07) is 0.861. The number of hydrogen-bond donors (Lipinski definition) is 21. The van der Waals surface area contributed by atoms with Crippen LogP contribution in [0.5, 0.6) is 11.5 Å². The second-order valence-electron chi connectivity index (χ2n) is 23.0. The van der Waals surface area contributed by atoms with Crippen LogP contribution in [0.4, 0.5) is 44.3 Å². The summed E-state index contributed by atoms with van der Waals surface area (Å²) in [5.74, 6) is -16.9. The number of hydrogen-bond acceptors (Lipinski definition) is 19. The summed E-state index contributed by atoms with van der Waals surface area (Å²) in [6.07, 6.45) is -15.5. The quantitative estimate of drug-likeness (QED) is 0.0246. The molecule has 27 N–H and O–H groups in total. The van der Waals surface area contributed by atoms with Gasteiger partial charge in [-0.05, 0) is 99.1 Å². The number of guanidine groups is 3. The predicted molar refractivity (Wildman–Crippen MR) is 356 cm³/mol. The number of aromatic hydroxyl groups is 2. The Kier molecular flexibility index (Phi) is 42.3. The number of carboxylic acids is 3. The first kappa shape index (κ1) is 94.3. The molecule has 106 heavy (non-hydrogen) atoms. The number of carboxylic acid groups (broad SMARTS) is 3. The number of benzene rings is 2. The molecule has 46 heteroatoms. The fourth-order valence-corrected chi connectivity index (χ4v) is 8.46. The highest BCUT2D eigenvalue weighted by molar-refractivity contribution is 5.99. The average molecular weight is 1530 g/mol. The third-order valence-electron chi connectivity index (χ3n) is 13.7. The van der Waals surface area contributed by atoms with Gasteiger partial charge in [-0.1, -0.05) is 45.0 Å². The molecule has 3 rings (SSSR count). The van der Waals surface area contributed by atoms with Crippen LogP contribution >= 0.6 is 0 Å². The van der Waals surface area contributed by atoms with Crippen molar-refractivity contribution >= 4 is 95.0 Å². The zero-order valence-corrected chi connectivity index (χ0v) is 57.2. The van der Waals surface area contributed by atoms with Crippen LogP contribution in [0.15, 0.2) is 63.5 Å². The zero-order valence-electron chi connectivity index (χ0n) is 57.2. The van der Waals surface area contributed by atoms with E-state index in [1.165, 1.54) is 55.5 Å². The van der Waals surface area contributed by atoms with E-state index >= 15 is 0 Å². The van der Waals surface area contributed by atoms with Crippen LogP contribution in [0.3, 0.4) is 0 Å². The van der Waals surface area contributed by atoms with Crippen LogP contribution in [-0.4, -0.2) is 214 Å². The first-order chi connectivity index (χ1) is 49.2. The number of nitrogens with zero attached hydrogens (tertiary/aromatic N) is 3. The maximum Gasteiger partial charge on any atom is 0.490 e. The fourth-order valence-electron chi connectivity index (χ4n) is 8.46. The zero-order chi connectivity index (χ0) is 81.2. The minimum atomic E-state index is -5.08. The summed E-state index contributed by atoms with van der Waals surface area (Å²) in [5, 5.41) is 67.4. The van der Waals surface area contributed by atoms with E-state index in [4.69, 9.17) is 64.1 Å². The smallest absolute Gasteiger partial charge is 0.490 e. The maximum absolute atomic E-state index is 14.8. The normalized spacial score (nSPS) is 17.5. The van der Waals surface area contributed by atoms with Gasteiger partial charge < -0.3 is 108 Å². The maximum atomic E-state index is 14.8. The minimum Gasteiger partial charge on any atom is -0.508 e.